The molecule has 0 unspecified atom stereocenters. The lowest BCUT2D eigenvalue weighted by Crippen LogP contribution is -2.10. The summed E-state index contributed by atoms with van der Waals surface area (Å²) in [6.07, 6.45) is 4.28. The summed E-state index contributed by atoms with van der Waals surface area (Å²) in [7, 11) is 3.31. The van der Waals surface area contributed by atoms with Gasteiger partial charge in [-0.2, -0.15) is 0 Å². The minimum atomic E-state index is 0.691. The number of benzene rings is 5. The van der Waals surface area contributed by atoms with Crippen LogP contribution < -0.4 is 14.4 Å². The van der Waals surface area contributed by atoms with Gasteiger partial charge in [-0.25, -0.2) is 0 Å². The second-order valence-electron chi connectivity index (χ2n) is 8.41. The zero-order valence-electron chi connectivity index (χ0n) is 20.2. The second kappa shape index (κ2) is 10.6. The molecule has 0 heterocycles. The van der Waals surface area contributed by atoms with Crippen LogP contribution in [0.2, 0.25) is 5.02 Å². The van der Waals surface area contributed by atoms with E-state index in [-0.39, 0.29) is 0 Å². The monoisotopic (exact) mass is 491 g/mol. The molecule has 0 saturated carbocycles. The van der Waals surface area contributed by atoms with Crippen LogP contribution in [0.3, 0.4) is 0 Å². The van der Waals surface area contributed by atoms with Gasteiger partial charge in [0.1, 0.15) is 11.5 Å². The Morgan fingerprint density at radius 2 is 1.11 bits per heavy atom. The molecule has 0 N–H and O–H groups in total. The van der Waals surface area contributed by atoms with Gasteiger partial charge in [-0.3, -0.25) is 0 Å². The van der Waals surface area contributed by atoms with E-state index in [9.17, 15) is 0 Å². The molecule has 5 aromatic carbocycles. The standard InChI is InChI=1S/C32H26ClNO2/c1-35-31-20-30(21-32(22-31)36-2)34(29-17-13-27(33)14-18-29)28-15-10-23(11-16-28)7-8-24-9-12-25-5-3-4-6-26(25)19-24/h3-22H,1-2H3/b8-7+. The molecule has 0 atom stereocenters. The molecule has 0 aliphatic rings. The van der Waals surface area contributed by atoms with Gasteiger partial charge in [-0.15, -0.1) is 0 Å². The largest absolute Gasteiger partial charge is 0.497 e. The Kier molecular flexibility index (Phi) is 6.92. The molecule has 0 amide bonds. The van der Waals surface area contributed by atoms with E-state index >= 15 is 0 Å². The summed E-state index contributed by atoms with van der Waals surface area (Å²) in [4.78, 5) is 2.15. The maximum atomic E-state index is 6.18. The number of hydrogen-bond donors (Lipinski definition) is 0. The van der Waals surface area contributed by atoms with Crippen LogP contribution in [-0.4, -0.2) is 14.2 Å². The molecule has 0 aliphatic heterocycles. The maximum absolute atomic E-state index is 6.18. The third kappa shape index (κ3) is 5.22. The molecule has 0 aromatic heterocycles. The van der Waals surface area contributed by atoms with Crippen LogP contribution >= 0.6 is 11.6 Å². The van der Waals surface area contributed by atoms with Crippen molar-refractivity contribution in [2.24, 2.45) is 0 Å². The number of ether oxygens (including phenoxy) is 2. The Hall–Kier alpha value is -4.21. The lowest BCUT2D eigenvalue weighted by molar-refractivity contribution is 0.394. The summed E-state index contributed by atoms with van der Waals surface area (Å²) in [5.74, 6) is 1.44. The van der Waals surface area contributed by atoms with E-state index in [1.165, 1.54) is 16.3 Å². The topological polar surface area (TPSA) is 21.7 Å². The molecule has 178 valence electrons. The SMILES string of the molecule is COc1cc(OC)cc(N(c2ccc(Cl)cc2)c2ccc(/C=C/c3ccc4ccccc4c3)cc2)c1. The summed E-state index contributed by atoms with van der Waals surface area (Å²) < 4.78 is 11.0. The fourth-order valence-electron chi connectivity index (χ4n) is 4.20. The van der Waals surface area contributed by atoms with E-state index in [1.54, 1.807) is 14.2 Å². The molecule has 0 aliphatic carbocycles. The summed E-state index contributed by atoms with van der Waals surface area (Å²) in [5, 5.41) is 3.17. The van der Waals surface area contributed by atoms with Crippen LogP contribution in [0.4, 0.5) is 17.1 Å². The van der Waals surface area contributed by atoms with Gasteiger partial charge in [-0.05, 0) is 64.4 Å². The van der Waals surface area contributed by atoms with Gasteiger partial charge in [0.05, 0.1) is 19.9 Å². The first-order valence-corrected chi connectivity index (χ1v) is 12.1. The molecule has 36 heavy (non-hydrogen) atoms. The molecule has 0 spiro atoms. The molecule has 0 bridgehead atoms. The van der Waals surface area contributed by atoms with Crippen molar-refractivity contribution in [3.05, 3.63) is 125 Å². The van der Waals surface area contributed by atoms with Gasteiger partial charge in [0, 0.05) is 34.6 Å². The van der Waals surface area contributed by atoms with Crippen molar-refractivity contribution >= 4 is 51.6 Å². The number of fused-ring (bicyclic) bond motifs is 1. The Morgan fingerprint density at radius 3 is 1.75 bits per heavy atom. The van der Waals surface area contributed by atoms with Gasteiger partial charge in [0.25, 0.3) is 0 Å². The van der Waals surface area contributed by atoms with E-state index in [4.69, 9.17) is 21.1 Å². The van der Waals surface area contributed by atoms with Crippen LogP contribution in [0, 0.1) is 0 Å². The molecule has 0 saturated heterocycles. The minimum absolute atomic E-state index is 0.691. The normalized spacial score (nSPS) is 11.1. The minimum Gasteiger partial charge on any atom is -0.497 e. The highest BCUT2D eigenvalue weighted by Gasteiger charge is 2.15. The lowest BCUT2D eigenvalue weighted by Gasteiger charge is -2.26. The van der Waals surface area contributed by atoms with Crippen LogP contribution in [0.1, 0.15) is 11.1 Å². The number of methoxy groups -OCH3 is 2. The highest BCUT2D eigenvalue weighted by molar-refractivity contribution is 6.30. The number of rotatable bonds is 7. The van der Waals surface area contributed by atoms with Crippen molar-refractivity contribution < 1.29 is 9.47 Å². The molecule has 0 fully saturated rings. The van der Waals surface area contributed by atoms with E-state index in [2.05, 4.69) is 83.8 Å². The third-order valence-corrected chi connectivity index (χ3v) is 6.32. The van der Waals surface area contributed by atoms with E-state index in [0.717, 1.165) is 34.1 Å². The fourth-order valence-corrected chi connectivity index (χ4v) is 4.32. The van der Waals surface area contributed by atoms with E-state index in [0.29, 0.717) is 5.02 Å². The average molecular weight is 492 g/mol. The van der Waals surface area contributed by atoms with Crippen LogP contribution in [-0.2, 0) is 0 Å². The highest BCUT2D eigenvalue weighted by atomic mass is 35.5. The van der Waals surface area contributed by atoms with Crippen LogP contribution in [0.15, 0.2) is 109 Å². The van der Waals surface area contributed by atoms with Crippen molar-refractivity contribution in [3.63, 3.8) is 0 Å². The Balaban J connectivity index is 1.48. The van der Waals surface area contributed by atoms with Gasteiger partial charge in [0.15, 0.2) is 0 Å². The van der Waals surface area contributed by atoms with Gasteiger partial charge in [-0.1, -0.05) is 72.3 Å². The van der Waals surface area contributed by atoms with Crippen molar-refractivity contribution in [3.8, 4) is 11.5 Å². The van der Waals surface area contributed by atoms with Gasteiger partial charge >= 0.3 is 0 Å². The highest BCUT2D eigenvalue weighted by Crippen LogP contribution is 2.39. The molecule has 3 nitrogen and oxygen atoms in total. The first kappa shape index (κ1) is 23.5. The molecule has 4 heteroatoms. The number of hydrogen-bond acceptors (Lipinski definition) is 3. The molecule has 5 aromatic rings. The zero-order valence-corrected chi connectivity index (χ0v) is 20.9. The maximum Gasteiger partial charge on any atom is 0.124 e. The average Bonchev–Trinajstić information content (AvgIpc) is 2.93. The first-order chi connectivity index (χ1) is 17.6. The van der Waals surface area contributed by atoms with Crippen LogP contribution in [0.5, 0.6) is 11.5 Å². The summed E-state index contributed by atoms with van der Waals surface area (Å²) in [6, 6.07) is 37.0. The van der Waals surface area contributed by atoms with Gasteiger partial charge < -0.3 is 14.4 Å². The van der Waals surface area contributed by atoms with Crippen molar-refractivity contribution in [1.29, 1.82) is 0 Å². The third-order valence-electron chi connectivity index (χ3n) is 6.07. The van der Waals surface area contributed by atoms with E-state index in [1.807, 2.05) is 42.5 Å². The van der Waals surface area contributed by atoms with E-state index < -0.39 is 0 Å². The van der Waals surface area contributed by atoms with Crippen molar-refractivity contribution in [1.82, 2.24) is 0 Å². The second-order valence-corrected chi connectivity index (χ2v) is 8.85. The van der Waals surface area contributed by atoms with Crippen LogP contribution in [0.25, 0.3) is 22.9 Å². The number of halogens is 1. The quantitative estimate of drug-likeness (QED) is 0.212. The van der Waals surface area contributed by atoms with Crippen molar-refractivity contribution in [2.75, 3.05) is 19.1 Å². The fraction of sp³-hybridized carbons (Fsp3) is 0.0625. The zero-order chi connectivity index (χ0) is 24.9. The molecular weight excluding hydrogens is 466 g/mol. The summed E-state index contributed by atoms with van der Waals surface area (Å²) in [5.41, 5.74) is 5.20. The van der Waals surface area contributed by atoms with Crippen molar-refractivity contribution in [2.45, 2.75) is 0 Å². The summed E-state index contributed by atoms with van der Waals surface area (Å²) in [6.45, 7) is 0. The molecule has 5 rings (SSSR count). The number of nitrogens with zero attached hydrogens (tertiary/aromatic N) is 1. The Morgan fingerprint density at radius 1 is 0.556 bits per heavy atom. The lowest BCUT2D eigenvalue weighted by atomic mass is 10.1. The first-order valence-electron chi connectivity index (χ1n) is 11.7. The molecular formula is C32H26ClNO2. The predicted octanol–water partition coefficient (Wildman–Crippen LogP) is 9.15. The van der Waals surface area contributed by atoms with Gasteiger partial charge in [0.2, 0.25) is 0 Å². The summed E-state index contributed by atoms with van der Waals surface area (Å²) >= 11 is 6.18. The Labute approximate surface area is 216 Å². The number of anilines is 3. The molecule has 0 radical (unpaired) electrons. The predicted molar refractivity (Wildman–Crippen MR) is 152 cm³/mol. The Bertz CT molecular complexity index is 1490. The smallest absolute Gasteiger partial charge is 0.124 e.